The van der Waals surface area contributed by atoms with Crippen LogP contribution in [0.1, 0.15) is 6.42 Å². The summed E-state index contributed by atoms with van der Waals surface area (Å²) in [5.74, 6) is 0.824. The molecular formula is C7H11N5. The zero-order valence-corrected chi connectivity index (χ0v) is 6.72. The van der Waals surface area contributed by atoms with Gasteiger partial charge in [0.1, 0.15) is 6.33 Å². The molecule has 0 aliphatic carbocycles. The summed E-state index contributed by atoms with van der Waals surface area (Å²) in [5, 5.41) is 7.66. The fourth-order valence-corrected chi connectivity index (χ4v) is 1.38. The summed E-state index contributed by atoms with van der Waals surface area (Å²) >= 11 is 0. The highest BCUT2D eigenvalue weighted by atomic mass is 15.3. The van der Waals surface area contributed by atoms with Crippen LogP contribution in [0.5, 0.6) is 0 Å². The Morgan fingerprint density at radius 1 is 1.58 bits per heavy atom. The van der Waals surface area contributed by atoms with Gasteiger partial charge in [-0.3, -0.25) is 0 Å². The Bertz CT molecular complexity index is 249. The molecule has 1 aliphatic rings. The Balaban J connectivity index is 2.11. The van der Waals surface area contributed by atoms with Gasteiger partial charge in [0.2, 0.25) is 0 Å². The van der Waals surface area contributed by atoms with Crippen LogP contribution in [0.15, 0.2) is 12.5 Å². The zero-order valence-electron chi connectivity index (χ0n) is 6.72. The molecule has 1 aromatic rings. The van der Waals surface area contributed by atoms with E-state index >= 15 is 0 Å². The van der Waals surface area contributed by atoms with Gasteiger partial charge in [0.25, 0.3) is 0 Å². The summed E-state index contributed by atoms with van der Waals surface area (Å²) in [4.78, 5) is 6.00. The molecule has 0 amide bonds. The van der Waals surface area contributed by atoms with Crippen molar-refractivity contribution in [3.05, 3.63) is 12.5 Å². The van der Waals surface area contributed by atoms with Gasteiger partial charge in [-0.25, -0.2) is 4.98 Å². The maximum atomic E-state index is 5.75. The van der Waals surface area contributed by atoms with Crippen molar-refractivity contribution in [2.45, 2.75) is 12.5 Å². The third-order valence-corrected chi connectivity index (χ3v) is 2.02. The summed E-state index contributed by atoms with van der Waals surface area (Å²) in [6, 6.07) is 0.270. The monoisotopic (exact) mass is 165 g/mol. The average Bonchev–Trinajstić information content (AvgIpc) is 2.54. The topological polar surface area (TPSA) is 67.9 Å². The van der Waals surface area contributed by atoms with Crippen molar-refractivity contribution >= 4 is 5.82 Å². The molecule has 0 bridgehead atoms. The summed E-state index contributed by atoms with van der Waals surface area (Å²) in [6.45, 7) is 1.82. The van der Waals surface area contributed by atoms with Crippen molar-refractivity contribution in [1.82, 2.24) is 15.2 Å². The molecule has 1 atom stereocenters. The third kappa shape index (κ3) is 1.35. The Morgan fingerprint density at radius 3 is 3.08 bits per heavy atom. The quantitative estimate of drug-likeness (QED) is 0.602. The summed E-state index contributed by atoms with van der Waals surface area (Å²) < 4.78 is 0. The van der Waals surface area contributed by atoms with Crippen molar-refractivity contribution < 1.29 is 0 Å². The highest BCUT2D eigenvalue weighted by Crippen LogP contribution is 2.14. The number of hydrogen-bond donors (Lipinski definition) is 1. The molecule has 0 aromatic carbocycles. The zero-order chi connectivity index (χ0) is 8.39. The molecular weight excluding hydrogens is 154 g/mol. The average molecular weight is 165 g/mol. The van der Waals surface area contributed by atoms with Crippen molar-refractivity contribution in [3.8, 4) is 0 Å². The van der Waals surface area contributed by atoms with Gasteiger partial charge >= 0.3 is 0 Å². The lowest BCUT2D eigenvalue weighted by atomic mass is 10.3. The number of aromatic nitrogens is 3. The Kier molecular flexibility index (Phi) is 1.87. The van der Waals surface area contributed by atoms with Crippen molar-refractivity contribution in [2.75, 3.05) is 18.0 Å². The van der Waals surface area contributed by atoms with Gasteiger partial charge in [-0.05, 0) is 6.42 Å². The van der Waals surface area contributed by atoms with Gasteiger partial charge in [0.15, 0.2) is 5.82 Å². The molecule has 5 heteroatoms. The molecule has 2 heterocycles. The van der Waals surface area contributed by atoms with E-state index in [0.29, 0.717) is 0 Å². The van der Waals surface area contributed by atoms with Gasteiger partial charge in [-0.1, -0.05) is 0 Å². The van der Waals surface area contributed by atoms with E-state index in [9.17, 15) is 0 Å². The van der Waals surface area contributed by atoms with Crippen molar-refractivity contribution in [1.29, 1.82) is 0 Å². The van der Waals surface area contributed by atoms with Crippen LogP contribution in [0.25, 0.3) is 0 Å². The lowest BCUT2D eigenvalue weighted by Crippen LogP contribution is -2.27. The number of rotatable bonds is 1. The fourth-order valence-electron chi connectivity index (χ4n) is 1.38. The van der Waals surface area contributed by atoms with Crippen molar-refractivity contribution in [3.63, 3.8) is 0 Å². The molecule has 12 heavy (non-hydrogen) atoms. The highest BCUT2D eigenvalue weighted by Gasteiger charge is 2.20. The van der Waals surface area contributed by atoms with Crippen LogP contribution >= 0.6 is 0 Å². The van der Waals surface area contributed by atoms with Gasteiger partial charge in [-0.2, -0.15) is 0 Å². The van der Waals surface area contributed by atoms with Gasteiger partial charge in [0.05, 0.1) is 6.20 Å². The van der Waals surface area contributed by atoms with Crippen LogP contribution in [0.3, 0.4) is 0 Å². The van der Waals surface area contributed by atoms with E-state index in [1.807, 2.05) is 0 Å². The molecule has 5 nitrogen and oxygen atoms in total. The smallest absolute Gasteiger partial charge is 0.169 e. The molecule has 0 saturated carbocycles. The van der Waals surface area contributed by atoms with Crippen LogP contribution in [0.2, 0.25) is 0 Å². The number of anilines is 1. The molecule has 2 rings (SSSR count). The minimum atomic E-state index is 0.270. The first kappa shape index (κ1) is 7.42. The summed E-state index contributed by atoms with van der Waals surface area (Å²) in [7, 11) is 0. The molecule has 1 unspecified atom stereocenters. The molecule has 64 valence electrons. The lowest BCUT2D eigenvalue weighted by Gasteiger charge is -2.14. The van der Waals surface area contributed by atoms with Crippen LogP contribution < -0.4 is 10.6 Å². The SMILES string of the molecule is NC1CCN(c2cncnn2)C1. The molecule has 2 N–H and O–H groups in total. The predicted octanol–water partition coefficient (Wildman–Crippen LogP) is -0.591. The van der Waals surface area contributed by atoms with Crippen LogP contribution in [0.4, 0.5) is 5.82 Å². The third-order valence-electron chi connectivity index (χ3n) is 2.02. The molecule has 0 spiro atoms. The maximum absolute atomic E-state index is 5.75. The number of nitrogens with two attached hydrogens (primary N) is 1. The first-order valence-corrected chi connectivity index (χ1v) is 3.99. The van der Waals surface area contributed by atoms with E-state index in [2.05, 4.69) is 20.1 Å². The highest BCUT2D eigenvalue weighted by molar-refractivity contribution is 5.35. The molecule has 1 aliphatic heterocycles. The molecule has 1 fully saturated rings. The Hall–Kier alpha value is -1.23. The lowest BCUT2D eigenvalue weighted by molar-refractivity contribution is 0.750. The van der Waals surface area contributed by atoms with Crippen LogP contribution in [0, 0.1) is 0 Å². The minimum absolute atomic E-state index is 0.270. The van der Waals surface area contributed by atoms with Gasteiger partial charge in [-0.15, -0.1) is 10.2 Å². The maximum Gasteiger partial charge on any atom is 0.169 e. The minimum Gasteiger partial charge on any atom is -0.352 e. The van der Waals surface area contributed by atoms with Crippen molar-refractivity contribution in [2.24, 2.45) is 5.73 Å². The van der Waals surface area contributed by atoms with E-state index in [-0.39, 0.29) is 6.04 Å². The number of nitrogens with zero attached hydrogens (tertiary/aromatic N) is 4. The first-order chi connectivity index (χ1) is 5.86. The standard InChI is InChI=1S/C7H11N5/c8-6-1-2-12(4-6)7-3-9-5-10-11-7/h3,5-6H,1-2,4,8H2. The number of hydrogen-bond acceptors (Lipinski definition) is 5. The second kappa shape index (κ2) is 3.02. The van der Waals surface area contributed by atoms with Gasteiger partial charge in [0, 0.05) is 19.1 Å². The normalized spacial score (nSPS) is 23.1. The largest absolute Gasteiger partial charge is 0.352 e. The summed E-state index contributed by atoms with van der Waals surface area (Å²) in [6.07, 6.45) is 4.17. The molecule has 1 aromatic heterocycles. The first-order valence-electron chi connectivity index (χ1n) is 3.99. The summed E-state index contributed by atoms with van der Waals surface area (Å²) in [5.41, 5.74) is 5.75. The Labute approximate surface area is 70.6 Å². The fraction of sp³-hybridized carbons (Fsp3) is 0.571. The van der Waals surface area contributed by atoms with Crippen LogP contribution in [-0.4, -0.2) is 34.3 Å². The van der Waals surface area contributed by atoms with E-state index in [0.717, 1.165) is 25.3 Å². The van der Waals surface area contributed by atoms with Gasteiger partial charge < -0.3 is 10.6 Å². The van der Waals surface area contributed by atoms with E-state index in [1.165, 1.54) is 6.33 Å². The molecule has 1 saturated heterocycles. The second-order valence-electron chi connectivity index (χ2n) is 2.96. The van der Waals surface area contributed by atoms with E-state index < -0.39 is 0 Å². The predicted molar refractivity (Wildman–Crippen MR) is 44.6 cm³/mol. The van der Waals surface area contributed by atoms with Crippen LogP contribution in [-0.2, 0) is 0 Å². The van der Waals surface area contributed by atoms with E-state index in [1.54, 1.807) is 6.20 Å². The second-order valence-corrected chi connectivity index (χ2v) is 2.96. The Morgan fingerprint density at radius 2 is 2.50 bits per heavy atom. The molecule has 0 radical (unpaired) electrons. The van der Waals surface area contributed by atoms with E-state index in [4.69, 9.17) is 5.73 Å².